The molecule has 9 heteroatoms. The molecule has 3 rings (SSSR count). The highest BCUT2D eigenvalue weighted by molar-refractivity contribution is 5.96. The second kappa shape index (κ2) is 8.42. The number of rotatable bonds is 5. The molecule has 0 radical (unpaired) electrons. The van der Waals surface area contributed by atoms with E-state index in [1.165, 1.54) is 13.2 Å². The van der Waals surface area contributed by atoms with Gasteiger partial charge in [-0.05, 0) is 29.8 Å². The molecule has 0 aliphatic carbocycles. The SMILES string of the molecule is CNC(=O)c1nc(-c2cccc(CNC(=O)c3cc(F)ccc3F)c2)cnc1N. The van der Waals surface area contributed by atoms with Gasteiger partial charge in [0.05, 0.1) is 17.5 Å². The third kappa shape index (κ3) is 4.52. The van der Waals surface area contributed by atoms with Gasteiger partial charge in [-0.2, -0.15) is 0 Å². The molecule has 1 aromatic heterocycles. The first-order valence-corrected chi connectivity index (χ1v) is 8.56. The minimum atomic E-state index is -0.809. The number of nitrogens with two attached hydrogens (primary N) is 1. The van der Waals surface area contributed by atoms with E-state index in [0.29, 0.717) is 16.8 Å². The maximum Gasteiger partial charge on any atom is 0.273 e. The summed E-state index contributed by atoms with van der Waals surface area (Å²) in [4.78, 5) is 32.2. The Labute approximate surface area is 165 Å². The van der Waals surface area contributed by atoms with Crippen LogP contribution in [0.4, 0.5) is 14.6 Å². The molecule has 0 atom stereocenters. The van der Waals surface area contributed by atoms with E-state index in [4.69, 9.17) is 5.73 Å². The summed E-state index contributed by atoms with van der Waals surface area (Å²) in [6, 6.07) is 9.64. The number of nitrogen functional groups attached to an aromatic ring is 1. The molecule has 0 bridgehead atoms. The van der Waals surface area contributed by atoms with Crippen molar-refractivity contribution in [3.63, 3.8) is 0 Å². The van der Waals surface area contributed by atoms with Gasteiger partial charge >= 0.3 is 0 Å². The first-order chi connectivity index (χ1) is 13.9. The van der Waals surface area contributed by atoms with Gasteiger partial charge in [-0.1, -0.05) is 18.2 Å². The molecule has 0 saturated heterocycles. The van der Waals surface area contributed by atoms with Gasteiger partial charge in [0.25, 0.3) is 11.8 Å². The van der Waals surface area contributed by atoms with Crippen LogP contribution in [0.3, 0.4) is 0 Å². The number of halogens is 2. The van der Waals surface area contributed by atoms with E-state index >= 15 is 0 Å². The summed E-state index contributed by atoms with van der Waals surface area (Å²) in [5.74, 6) is -2.70. The molecule has 0 fully saturated rings. The van der Waals surface area contributed by atoms with Gasteiger partial charge in [0.15, 0.2) is 11.5 Å². The van der Waals surface area contributed by atoms with E-state index in [9.17, 15) is 18.4 Å². The molecule has 4 N–H and O–H groups in total. The zero-order valence-electron chi connectivity index (χ0n) is 15.4. The molecular weight excluding hydrogens is 380 g/mol. The van der Waals surface area contributed by atoms with E-state index in [0.717, 1.165) is 18.2 Å². The second-order valence-corrected chi connectivity index (χ2v) is 6.08. The van der Waals surface area contributed by atoms with Gasteiger partial charge in [0, 0.05) is 19.2 Å². The molecule has 1 heterocycles. The fourth-order valence-electron chi connectivity index (χ4n) is 2.61. The summed E-state index contributed by atoms with van der Waals surface area (Å²) in [6.07, 6.45) is 1.43. The van der Waals surface area contributed by atoms with E-state index in [1.807, 2.05) is 0 Å². The Morgan fingerprint density at radius 1 is 1.10 bits per heavy atom. The van der Waals surface area contributed by atoms with Crippen molar-refractivity contribution in [2.24, 2.45) is 0 Å². The first-order valence-electron chi connectivity index (χ1n) is 8.56. The molecule has 7 nitrogen and oxygen atoms in total. The van der Waals surface area contributed by atoms with Crippen molar-refractivity contribution < 1.29 is 18.4 Å². The minimum absolute atomic E-state index is 0.00489. The number of nitrogens with one attached hydrogen (secondary N) is 2. The average molecular weight is 397 g/mol. The Balaban J connectivity index is 1.79. The Morgan fingerprint density at radius 3 is 2.66 bits per heavy atom. The van der Waals surface area contributed by atoms with Gasteiger partial charge in [0.2, 0.25) is 0 Å². The Bertz CT molecular complexity index is 1090. The molecular formula is C20H17F2N5O2. The lowest BCUT2D eigenvalue weighted by Gasteiger charge is -2.09. The van der Waals surface area contributed by atoms with Crippen LogP contribution >= 0.6 is 0 Å². The van der Waals surface area contributed by atoms with Crippen molar-refractivity contribution >= 4 is 17.6 Å². The van der Waals surface area contributed by atoms with E-state index < -0.39 is 23.4 Å². The monoisotopic (exact) mass is 397 g/mol. The predicted molar refractivity (Wildman–Crippen MR) is 103 cm³/mol. The van der Waals surface area contributed by atoms with Crippen molar-refractivity contribution in [1.82, 2.24) is 20.6 Å². The molecule has 2 amide bonds. The van der Waals surface area contributed by atoms with Crippen LogP contribution in [0.2, 0.25) is 0 Å². The normalized spacial score (nSPS) is 10.4. The zero-order chi connectivity index (χ0) is 21.0. The second-order valence-electron chi connectivity index (χ2n) is 6.08. The molecule has 148 valence electrons. The fourth-order valence-corrected chi connectivity index (χ4v) is 2.61. The smallest absolute Gasteiger partial charge is 0.273 e. The third-order valence-corrected chi connectivity index (χ3v) is 4.09. The van der Waals surface area contributed by atoms with Gasteiger partial charge < -0.3 is 16.4 Å². The largest absolute Gasteiger partial charge is 0.382 e. The molecule has 0 unspecified atom stereocenters. The van der Waals surface area contributed by atoms with Gasteiger partial charge in [-0.25, -0.2) is 18.7 Å². The lowest BCUT2D eigenvalue weighted by atomic mass is 10.1. The van der Waals surface area contributed by atoms with Crippen molar-refractivity contribution in [3.8, 4) is 11.3 Å². The molecule has 0 aliphatic rings. The van der Waals surface area contributed by atoms with Crippen LogP contribution in [0.1, 0.15) is 26.4 Å². The van der Waals surface area contributed by atoms with Crippen LogP contribution in [0.5, 0.6) is 0 Å². The summed E-state index contributed by atoms with van der Waals surface area (Å²) >= 11 is 0. The number of amides is 2. The number of carbonyl (C=O) groups excluding carboxylic acids is 2. The number of hydrogen-bond donors (Lipinski definition) is 3. The van der Waals surface area contributed by atoms with Gasteiger partial charge in [-0.15, -0.1) is 0 Å². The molecule has 29 heavy (non-hydrogen) atoms. The predicted octanol–water partition coefficient (Wildman–Crippen LogP) is 2.29. The topological polar surface area (TPSA) is 110 Å². The van der Waals surface area contributed by atoms with Crippen LogP contribution in [-0.2, 0) is 6.54 Å². The van der Waals surface area contributed by atoms with Crippen molar-refractivity contribution in [2.75, 3.05) is 12.8 Å². The highest BCUT2D eigenvalue weighted by Crippen LogP contribution is 2.20. The summed E-state index contributed by atoms with van der Waals surface area (Å²) in [5, 5.41) is 4.99. The highest BCUT2D eigenvalue weighted by atomic mass is 19.1. The Hall–Kier alpha value is -3.88. The number of hydrogen-bond acceptors (Lipinski definition) is 5. The summed E-state index contributed by atoms with van der Waals surface area (Å²) in [7, 11) is 1.46. The number of nitrogens with zero attached hydrogens (tertiary/aromatic N) is 2. The first kappa shape index (κ1) is 19.9. The van der Waals surface area contributed by atoms with Crippen molar-refractivity contribution in [1.29, 1.82) is 0 Å². The number of aromatic nitrogens is 2. The highest BCUT2D eigenvalue weighted by Gasteiger charge is 2.14. The quantitative estimate of drug-likeness (QED) is 0.612. The fraction of sp³-hybridized carbons (Fsp3) is 0.100. The summed E-state index contributed by atoms with van der Waals surface area (Å²) < 4.78 is 27.0. The molecule has 0 saturated carbocycles. The molecule has 0 aliphatic heterocycles. The van der Waals surface area contributed by atoms with E-state index in [-0.39, 0.29) is 23.6 Å². The van der Waals surface area contributed by atoms with Crippen molar-refractivity contribution in [2.45, 2.75) is 6.54 Å². The Kier molecular flexibility index (Phi) is 5.77. The lowest BCUT2D eigenvalue weighted by molar-refractivity contribution is 0.0942. The maximum atomic E-state index is 13.7. The third-order valence-electron chi connectivity index (χ3n) is 4.09. The molecule has 0 spiro atoms. The van der Waals surface area contributed by atoms with Crippen molar-refractivity contribution in [3.05, 3.63) is 77.1 Å². The summed E-state index contributed by atoms with van der Waals surface area (Å²) in [6.45, 7) is 0.0767. The number of anilines is 1. The van der Waals surface area contributed by atoms with Crippen LogP contribution in [0, 0.1) is 11.6 Å². The lowest BCUT2D eigenvalue weighted by Crippen LogP contribution is -2.24. The molecule has 3 aromatic rings. The van der Waals surface area contributed by atoms with E-state index in [1.54, 1.807) is 24.3 Å². The Morgan fingerprint density at radius 2 is 1.90 bits per heavy atom. The zero-order valence-corrected chi connectivity index (χ0v) is 15.4. The average Bonchev–Trinajstić information content (AvgIpc) is 2.73. The maximum absolute atomic E-state index is 13.7. The van der Waals surface area contributed by atoms with E-state index in [2.05, 4.69) is 20.6 Å². The van der Waals surface area contributed by atoms with Gasteiger partial charge in [0.1, 0.15) is 11.6 Å². The van der Waals surface area contributed by atoms with Crippen LogP contribution in [0.25, 0.3) is 11.3 Å². The summed E-state index contributed by atoms with van der Waals surface area (Å²) in [5.41, 5.74) is 7.08. The number of benzene rings is 2. The van der Waals surface area contributed by atoms with Crippen LogP contribution in [0.15, 0.2) is 48.7 Å². The van der Waals surface area contributed by atoms with Crippen LogP contribution < -0.4 is 16.4 Å². The standard InChI is InChI=1S/C20H17F2N5O2/c1-24-20(29)17-18(23)25-10-16(27-17)12-4-2-3-11(7-12)9-26-19(28)14-8-13(21)5-6-15(14)22/h2-8,10H,9H2,1H3,(H2,23,25)(H,24,29)(H,26,28). The van der Waals surface area contributed by atoms with Gasteiger partial charge in [-0.3, -0.25) is 9.59 Å². The minimum Gasteiger partial charge on any atom is -0.382 e. The number of carbonyl (C=O) groups is 2. The molecule has 2 aromatic carbocycles. The van der Waals surface area contributed by atoms with Crippen LogP contribution in [-0.4, -0.2) is 28.8 Å².